The Hall–Kier alpha value is -2.11. The van der Waals surface area contributed by atoms with E-state index in [4.69, 9.17) is 21.1 Å². The van der Waals surface area contributed by atoms with Crippen LogP contribution in [0, 0.1) is 0 Å². The number of nitrogens with zero attached hydrogens (tertiary/aromatic N) is 1. The lowest BCUT2D eigenvalue weighted by Crippen LogP contribution is -2.43. The zero-order chi connectivity index (χ0) is 18.6. The summed E-state index contributed by atoms with van der Waals surface area (Å²) in [6.07, 6.45) is 5.62. The van der Waals surface area contributed by atoms with Crippen molar-refractivity contribution in [3.05, 3.63) is 58.7 Å². The molecule has 2 aliphatic rings. The van der Waals surface area contributed by atoms with Gasteiger partial charge in [-0.2, -0.15) is 0 Å². The second-order valence-electron chi connectivity index (χ2n) is 7.11. The highest BCUT2D eigenvalue weighted by molar-refractivity contribution is 6.30. The lowest BCUT2D eigenvalue weighted by molar-refractivity contribution is -0.135. The fraction of sp³-hybridized carbons (Fsp3) is 0.429. The van der Waals surface area contributed by atoms with E-state index in [0.717, 1.165) is 37.7 Å². The van der Waals surface area contributed by atoms with Crippen molar-refractivity contribution in [3.63, 3.8) is 0 Å². The molecule has 2 aromatic rings. The second-order valence-corrected chi connectivity index (χ2v) is 7.55. The van der Waals surface area contributed by atoms with Crippen molar-refractivity contribution >= 4 is 17.5 Å². The second kappa shape index (κ2) is 8.28. The third-order valence-corrected chi connectivity index (χ3v) is 5.46. The summed E-state index contributed by atoms with van der Waals surface area (Å²) in [6.45, 7) is 0.587. The van der Waals surface area contributed by atoms with Crippen molar-refractivity contribution in [3.8, 4) is 5.88 Å². The number of ether oxygens (including phenoxy) is 2. The van der Waals surface area contributed by atoms with E-state index < -0.39 is 6.10 Å². The standard InChI is InChI=1S/C21H23ClN2O3/c22-15-5-10-19(23-13-15)27-17-8-6-16(7-9-17)24-21(25)20-18-4-2-1-3-14(18)11-12-26-20/h1-5,10,13,16-17,20H,6-9,11-12H2,(H,24,25). The number of pyridine rings is 1. The number of benzene rings is 1. The van der Waals surface area contributed by atoms with Crippen molar-refractivity contribution in [1.29, 1.82) is 0 Å². The first-order valence-electron chi connectivity index (χ1n) is 9.47. The molecule has 1 aromatic heterocycles. The zero-order valence-electron chi connectivity index (χ0n) is 15.1. The Morgan fingerprint density at radius 1 is 1.15 bits per heavy atom. The number of amides is 1. The molecule has 1 aromatic carbocycles. The molecule has 142 valence electrons. The van der Waals surface area contributed by atoms with Crippen LogP contribution in [0.3, 0.4) is 0 Å². The number of aromatic nitrogens is 1. The molecule has 4 rings (SSSR count). The SMILES string of the molecule is O=C(NC1CCC(Oc2ccc(Cl)cn2)CC1)C1OCCc2ccccc21. The molecule has 6 heteroatoms. The molecule has 0 spiro atoms. The molecule has 1 fully saturated rings. The summed E-state index contributed by atoms with van der Waals surface area (Å²) in [4.78, 5) is 16.9. The van der Waals surface area contributed by atoms with Gasteiger partial charge in [-0.15, -0.1) is 0 Å². The molecule has 1 N–H and O–H groups in total. The van der Waals surface area contributed by atoms with Crippen LogP contribution in [0.4, 0.5) is 0 Å². The Labute approximate surface area is 164 Å². The van der Waals surface area contributed by atoms with Crippen LogP contribution in [0.5, 0.6) is 5.88 Å². The monoisotopic (exact) mass is 386 g/mol. The maximum Gasteiger partial charge on any atom is 0.253 e. The Balaban J connectivity index is 1.29. The minimum Gasteiger partial charge on any atom is -0.474 e. The highest BCUT2D eigenvalue weighted by Crippen LogP contribution is 2.28. The third-order valence-electron chi connectivity index (χ3n) is 5.24. The van der Waals surface area contributed by atoms with Crippen molar-refractivity contribution in [1.82, 2.24) is 10.3 Å². The molecule has 1 saturated carbocycles. The van der Waals surface area contributed by atoms with E-state index in [1.54, 1.807) is 18.3 Å². The van der Waals surface area contributed by atoms with Crippen molar-refractivity contribution in [2.75, 3.05) is 6.61 Å². The van der Waals surface area contributed by atoms with Gasteiger partial charge in [-0.05, 0) is 49.3 Å². The van der Waals surface area contributed by atoms with Crippen LogP contribution >= 0.6 is 11.6 Å². The maximum atomic E-state index is 12.7. The first-order valence-corrected chi connectivity index (χ1v) is 9.85. The molecule has 1 amide bonds. The van der Waals surface area contributed by atoms with Gasteiger partial charge in [0, 0.05) is 18.3 Å². The number of rotatable bonds is 4. The van der Waals surface area contributed by atoms with Crippen molar-refractivity contribution in [2.45, 2.75) is 50.4 Å². The molecular formula is C21H23ClN2O3. The fourth-order valence-electron chi connectivity index (χ4n) is 3.82. The molecule has 5 nitrogen and oxygen atoms in total. The Morgan fingerprint density at radius 3 is 2.74 bits per heavy atom. The Kier molecular flexibility index (Phi) is 5.60. The average molecular weight is 387 g/mol. The number of fused-ring (bicyclic) bond motifs is 1. The number of hydrogen-bond acceptors (Lipinski definition) is 4. The number of hydrogen-bond donors (Lipinski definition) is 1. The van der Waals surface area contributed by atoms with Crippen LogP contribution in [0.15, 0.2) is 42.6 Å². The van der Waals surface area contributed by atoms with Gasteiger partial charge in [-0.1, -0.05) is 35.9 Å². The lowest BCUT2D eigenvalue weighted by Gasteiger charge is -2.31. The average Bonchev–Trinajstić information content (AvgIpc) is 2.71. The van der Waals surface area contributed by atoms with Crippen molar-refractivity contribution < 1.29 is 14.3 Å². The smallest absolute Gasteiger partial charge is 0.253 e. The van der Waals surface area contributed by atoms with Crippen LogP contribution in [0.2, 0.25) is 5.02 Å². The van der Waals surface area contributed by atoms with Gasteiger partial charge in [0.15, 0.2) is 6.10 Å². The normalized spacial score (nSPS) is 24.7. The minimum atomic E-state index is -0.498. The van der Waals surface area contributed by atoms with Crippen LogP contribution in [-0.4, -0.2) is 29.6 Å². The van der Waals surface area contributed by atoms with E-state index in [1.807, 2.05) is 18.2 Å². The van der Waals surface area contributed by atoms with E-state index in [-0.39, 0.29) is 18.1 Å². The van der Waals surface area contributed by atoms with Gasteiger partial charge >= 0.3 is 0 Å². The topological polar surface area (TPSA) is 60.5 Å². The van der Waals surface area contributed by atoms with Gasteiger partial charge in [-0.3, -0.25) is 4.79 Å². The highest BCUT2D eigenvalue weighted by Gasteiger charge is 2.30. The van der Waals surface area contributed by atoms with E-state index in [9.17, 15) is 4.79 Å². The quantitative estimate of drug-likeness (QED) is 0.866. The van der Waals surface area contributed by atoms with Crippen LogP contribution in [-0.2, 0) is 16.0 Å². The number of carbonyl (C=O) groups excluding carboxylic acids is 1. The van der Waals surface area contributed by atoms with Crippen LogP contribution in [0.25, 0.3) is 0 Å². The summed E-state index contributed by atoms with van der Waals surface area (Å²) in [5.74, 6) is 0.560. The molecule has 0 saturated heterocycles. The molecule has 1 atom stereocenters. The first kappa shape index (κ1) is 18.3. The summed E-state index contributed by atoms with van der Waals surface area (Å²) in [5.41, 5.74) is 2.20. The van der Waals surface area contributed by atoms with Gasteiger partial charge < -0.3 is 14.8 Å². The lowest BCUT2D eigenvalue weighted by atomic mass is 9.92. The minimum absolute atomic E-state index is 0.0362. The van der Waals surface area contributed by atoms with Gasteiger partial charge in [-0.25, -0.2) is 4.98 Å². The number of halogens is 1. The predicted octanol–water partition coefficient (Wildman–Crippen LogP) is 3.86. The van der Waals surface area contributed by atoms with Gasteiger partial charge in [0.25, 0.3) is 5.91 Å². The predicted molar refractivity (Wildman–Crippen MR) is 103 cm³/mol. The molecular weight excluding hydrogens is 364 g/mol. The zero-order valence-corrected chi connectivity index (χ0v) is 15.8. The van der Waals surface area contributed by atoms with Crippen molar-refractivity contribution in [2.24, 2.45) is 0 Å². The largest absolute Gasteiger partial charge is 0.474 e. The molecule has 2 heterocycles. The first-order chi connectivity index (χ1) is 13.2. The molecule has 1 unspecified atom stereocenters. The van der Waals surface area contributed by atoms with E-state index in [0.29, 0.717) is 17.5 Å². The number of nitrogens with one attached hydrogen (secondary N) is 1. The molecule has 0 radical (unpaired) electrons. The molecule has 0 bridgehead atoms. The van der Waals surface area contributed by atoms with Crippen LogP contribution in [0.1, 0.15) is 42.9 Å². The van der Waals surface area contributed by atoms with Gasteiger partial charge in [0.05, 0.1) is 11.6 Å². The van der Waals surface area contributed by atoms with Gasteiger partial charge in [0.2, 0.25) is 5.88 Å². The van der Waals surface area contributed by atoms with E-state index in [2.05, 4.69) is 16.4 Å². The summed E-state index contributed by atoms with van der Waals surface area (Å²) < 4.78 is 11.7. The highest BCUT2D eigenvalue weighted by atomic mass is 35.5. The van der Waals surface area contributed by atoms with E-state index >= 15 is 0 Å². The summed E-state index contributed by atoms with van der Waals surface area (Å²) in [5, 5.41) is 3.77. The summed E-state index contributed by atoms with van der Waals surface area (Å²) in [7, 11) is 0. The summed E-state index contributed by atoms with van der Waals surface area (Å²) in [6, 6.07) is 11.8. The Bertz CT molecular complexity index is 788. The maximum absolute atomic E-state index is 12.7. The van der Waals surface area contributed by atoms with Gasteiger partial charge in [0.1, 0.15) is 6.10 Å². The third kappa shape index (κ3) is 4.42. The van der Waals surface area contributed by atoms with Crippen LogP contribution < -0.4 is 10.1 Å². The Morgan fingerprint density at radius 2 is 1.96 bits per heavy atom. The van der Waals surface area contributed by atoms with E-state index in [1.165, 1.54) is 5.56 Å². The number of carbonyl (C=O) groups is 1. The molecule has 1 aliphatic heterocycles. The molecule has 1 aliphatic carbocycles. The summed E-state index contributed by atoms with van der Waals surface area (Å²) >= 11 is 5.85. The molecule has 27 heavy (non-hydrogen) atoms. The fourth-order valence-corrected chi connectivity index (χ4v) is 3.93.